The van der Waals surface area contributed by atoms with Crippen molar-refractivity contribution in [3.63, 3.8) is 0 Å². The topological polar surface area (TPSA) is 3.24 Å². The molecule has 1 aromatic carbocycles. The van der Waals surface area contributed by atoms with Crippen LogP contribution in [0.5, 0.6) is 0 Å². The van der Waals surface area contributed by atoms with E-state index in [0.717, 1.165) is 6.54 Å². The fourth-order valence-corrected chi connectivity index (χ4v) is 0.877. The normalized spacial score (nSPS) is 9.25. The van der Waals surface area contributed by atoms with E-state index in [4.69, 9.17) is 0 Å². The molecule has 0 radical (unpaired) electrons. The molecule has 0 saturated carbocycles. The van der Waals surface area contributed by atoms with E-state index in [1.54, 1.807) is 0 Å². The summed E-state index contributed by atoms with van der Waals surface area (Å²) in [5, 5.41) is 0. The number of benzene rings is 1. The molecule has 0 aliphatic carbocycles. The van der Waals surface area contributed by atoms with Crippen LogP contribution in [-0.2, 0) is 0 Å². The summed E-state index contributed by atoms with van der Waals surface area (Å²) in [7, 11) is 4.14. The predicted octanol–water partition coefficient (Wildman–Crippen LogP) is -1.20. The second kappa shape index (κ2) is 6.20. The summed E-state index contributed by atoms with van der Waals surface area (Å²) in [5.41, 5.74) is 1.29. The maximum Gasteiger partial charge on any atom is 1.00 e. The van der Waals surface area contributed by atoms with Gasteiger partial charge in [-0.1, -0.05) is 6.07 Å². The van der Waals surface area contributed by atoms with Crippen LogP contribution >= 0.6 is 0 Å². The summed E-state index contributed by atoms with van der Waals surface area (Å²) in [6, 6.07) is 10.4. The molecule has 0 saturated heterocycles. The zero-order valence-corrected chi connectivity index (χ0v) is 8.12. The summed E-state index contributed by atoms with van der Waals surface area (Å²) in [5.74, 6) is 0. The van der Waals surface area contributed by atoms with Gasteiger partial charge in [0.15, 0.2) is 0 Å². The van der Waals surface area contributed by atoms with Crippen LogP contribution in [0.3, 0.4) is 0 Å². The molecular weight excluding hydrogens is 141 g/mol. The van der Waals surface area contributed by atoms with E-state index >= 15 is 0 Å². The summed E-state index contributed by atoms with van der Waals surface area (Å²) in [4.78, 5) is 2.15. The maximum absolute atomic E-state index is 2.21. The molecule has 12 heavy (non-hydrogen) atoms. The van der Waals surface area contributed by atoms with E-state index in [9.17, 15) is 0 Å². The Morgan fingerprint density at radius 1 is 1.17 bits per heavy atom. The van der Waals surface area contributed by atoms with Gasteiger partial charge in [-0.2, -0.15) is 24.1 Å². The fourth-order valence-electron chi connectivity index (χ4n) is 0.877. The Hall–Kier alpha value is -0.353. The average Bonchev–Trinajstić information content (AvgIpc) is 2.03. The van der Waals surface area contributed by atoms with Crippen LogP contribution in [0.25, 0.3) is 0 Å². The third-order valence-electron chi connectivity index (χ3n) is 1.49. The van der Waals surface area contributed by atoms with E-state index in [0.29, 0.717) is 0 Å². The first-order valence-electron chi connectivity index (χ1n) is 3.82. The number of hydrogen-bond donors (Lipinski definition) is 0. The molecule has 60 valence electrons. The van der Waals surface area contributed by atoms with Crippen LogP contribution in [0.2, 0.25) is 0 Å². The van der Waals surface area contributed by atoms with Crippen LogP contribution in [0, 0.1) is 6.42 Å². The first-order valence-corrected chi connectivity index (χ1v) is 3.82. The largest absolute Gasteiger partial charge is 1.00 e. The van der Waals surface area contributed by atoms with Crippen LogP contribution in [0.4, 0.5) is 0 Å². The van der Waals surface area contributed by atoms with Crippen molar-refractivity contribution in [3.8, 4) is 0 Å². The van der Waals surface area contributed by atoms with Gasteiger partial charge in [0.1, 0.15) is 0 Å². The van der Waals surface area contributed by atoms with E-state index in [2.05, 4.69) is 49.7 Å². The van der Waals surface area contributed by atoms with Gasteiger partial charge in [-0.3, -0.25) is 0 Å². The first kappa shape index (κ1) is 11.6. The molecule has 0 spiro atoms. The monoisotopic (exact) mass is 155 g/mol. The van der Waals surface area contributed by atoms with E-state index < -0.39 is 0 Å². The quantitative estimate of drug-likeness (QED) is 0.391. The first-order chi connectivity index (χ1) is 5.29. The molecule has 0 aliphatic rings. The van der Waals surface area contributed by atoms with Gasteiger partial charge in [0.25, 0.3) is 0 Å². The maximum atomic E-state index is 2.21. The molecule has 1 nitrogen and oxygen atoms in total. The standard InChI is InChI=1S/C10H14N.Li/c1-11(2)9-8-10-6-4-3-5-7-10;/h3-8H,9H2,1-2H3;/q-1;+1. The van der Waals surface area contributed by atoms with Crippen molar-refractivity contribution < 1.29 is 18.9 Å². The van der Waals surface area contributed by atoms with Crippen LogP contribution < -0.4 is 18.9 Å². The molecule has 2 heteroatoms. The molecule has 0 atom stereocenters. The molecule has 0 aromatic heterocycles. The molecule has 1 rings (SSSR count). The van der Waals surface area contributed by atoms with Gasteiger partial charge in [0, 0.05) is 0 Å². The van der Waals surface area contributed by atoms with E-state index in [1.165, 1.54) is 5.56 Å². The summed E-state index contributed by atoms with van der Waals surface area (Å²) in [6.07, 6.45) is 2.21. The number of hydrogen-bond acceptors (Lipinski definition) is 1. The molecule has 0 aliphatic heterocycles. The fraction of sp³-hybridized carbons (Fsp3) is 0.300. The van der Waals surface area contributed by atoms with Gasteiger partial charge >= 0.3 is 18.9 Å². The number of rotatable bonds is 3. The minimum Gasteiger partial charge on any atom is -0.317 e. The van der Waals surface area contributed by atoms with Gasteiger partial charge in [0.05, 0.1) is 0 Å². The van der Waals surface area contributed by atoms with Crippen molar-refractivity contribution in [1.82, 2.24) is 4.90 Å². The molecule has 0 amide bonds. The van der Waals surface area contributed by atoms with E-state index in [1.807, 2.05) is 6.07 Å². The van der Waals surface area contributed by atoms with Crippen molar-refractivity contribution in [2.24, 2.45) is 0 Å². The van der Waals surface area contributed by atoms with Crippen molar-refractivity contribution in [3.05, 3.63) is 42.3 Å². The Kier molecular flexibility index (Phi) is 6.01. The van der Waals surface area contributed by atoms with Gasteiger partial charge in [0.2, 0.25) is 0 Å². The molecular formula is C10H14LiN. The SMILES string of the molecule is CN(C)C[CH-]c1ccccc1.[Li+]. The second-order valence-electron chi connectivity index (χ2n) is 2.88. The van der Waals surface area contributed by atoms with Gasteiger partial charge in [-0.05, 0) is 20.6 Å². The number of nitrogens with zero attached hydrogens (tertiary/aromatic N) is 1. The Bertz CT molecular complexity index is 196. The van der Waals surface area contributed by atoms with Crippen molar-refractivity contribution in [2.45, 2.75) is 0 Å². The second-order valence-corrected chi connectivity index (χ2v) is 2.88. The van der Waals surface area contributed by atoms with Crippen molar-refractivity contribution in [1.29, 1.82) is 0 Å². The van der Waals surface area contributed by atoms with Gasteiger partial charge < -0.3 is 4.90 Å². The number of likely N-dealkylation sites (N-methyl/N-ethyl adjacent to an activating group) is 1. The van der Waals surface area contributed by atoms with Gasteiger partial charge in [-0.25, -0.2) is 0 Å². The third kappa shape index (κ3) is 4.51. The van der Waals surface area contributed by atoms with Crippen LogP contribution in [0.1, 0.15) is 5.56 Å². The molecule has 0 unspecified atom stereocenters. The Labute approximate surface area is 86.9 Å². The molecule has 1 aromatic rings. The molecule has 0 N–H and O–H groups in total. The van der Waals surface area contributed by atoms with Crippen molar-refractivity contribution in [2.75, 3.05) is 20.6 Å². The molecule has 0 fully saturated rings. The Morgan fingerprint density at radius 3 is 2.25 bits per heavy atom. The van der Waals surface area contributed by atoms with Gasteiger partial charge in [-0.15, -0.1) is 12.1 Å². The smallest absolute Gasteiger partial charge is 0.317 e. The Balaban J connectivity index is 0.00000121. The summed E-state index contributed by atoms with van der Waals surface area (Å²) >= 11 is 0. The zero-order valence-electron chi connectivity index (χ0n) is 8.12. The van der Waals surface area contributed by atoms with Crippen LogP contribution in [-0.4, -0.2) is 25.5 Å². The Morgan fingerprint density at radius 2 is 1.75 bits per heavy atom. The summed E-state index contributed by atoms with van der Waals surface area (Å²) in [6.45, 7) is 1.00. The minimum atomic E-state index is 0. The van der Waals surface area contributed by atoms with E-state index in [-0.39, 0.29) is 18.9 Å². The summed E-state index contributed by atoms with van der Waals surface area (Å²) < 4.78 is 0. The zero-order chi connectivity index (χ0) is 8.10. The predicted molar refractivity (Wildman–Crippen MR) is 48.4 cm³/mol. The average molecular weight is 155 g/mol. The molecule has 0 bridgehead atoms. The minimum absolute atomic E-state index is 0. The molecule has 0 heterocycles. The van der Waals surface area contributed by atoms with Crippen LogP contribution in [0.15, 0.2) is 30.3 Å². The van der Waals surface area contributed by atoms with Crippen molar-refractivity contribution >= 4 is 0 Å². The third-order valence-corrected chi connectivity index (χ3v) is 1.49.